The van der Waals surface area contributed by atoms with Crippen molar-refractivity contribution in [2.45, 2.75) is 38.2 Å². The highest BCUT2D eigenvalue weighted by Gasteiger charge is 2.38. The Morgan fingerprint density at radius 2 is 2.00 bits per heavy atom. The van der Waals surface area contributed by atoms with E-state index in [2.05, 4.69) is 20.2 Å². The molecule has 192 valence electrons. The maximum absolute atomic E-state index is 14.8. The van der Waals surface area contributed by atoms with E-state index < -0.39 is 32.6 Å². The van der Waals surface area contributed by atoms with Crippen LogP contribution in [0.5, 0.6) is 5.75 Å². The van der Waals surface area contributed by atoms with Crippen LogP contribution in [0, 0.1) is 18.8 Å². The van der Waals surface area contributed by atoms with Crippen molar-refractivity contribution in [3.63, 3.8) is 0 Å². The summed E-state index contributed by atoms with van der Waals surface area (Å²) in [5, 5.41) is 17.6. The number of hydrogen-bond donors (Lipinski definition) is 1. The maximum atomic E-state index is 14.8. The molecule has 0 unspecified atom stereocenters. The van der Waals surface area contributed by atoms with E-state index in [9.17, 15) is 22.3 Å². The predicted molar refractivity (Wildman–Crippen MR) is 127 cm³/mol. The topological polar surface area (TPSA) is 128 Å². The second-order valence-electron chi connectivity index (χ2n) is 9.48. The van der Waals surface area contributed by atoms with Crippen LogP contribution in [0.25, 0.3) is 16.6 Å². The van der Waals surface area contributed by atoms with E-state index in [1.165, 1.54) is 13.2 Å². The van der Waals surface area contributed by atoms with Crippen LogP contribution in [0.15, 0.2) is 18.3 Å². The number of methoxy groups -OCH3 is 1. The first-order valence-corrected chi connectivity index (χ1v) is 12.9. The second-order valence-corrected chi connectivity index (χ2v) is 11.8. The Bertz CT molecular complexity index is 1590. The summed E-state index contributed by atoms with van der Waals surface area (Å²) in [6.45, 7) is 5.70. The minimum atomic E-state index is -3.67. The molecule has 4 aromatic rings. The fraction of sp³-hybridized carbons (Fsp3) is 0.455. The number of anilines is 1. The van der Waals surface area contributed by atoms with Crippen LogP contribution in [0.1, 0.15) is 30.6 Å². The van der Waals surface area contributed by atoms with Gasteiger partial charge in [0.05, 0.1) is 48.1 Å². The van der Waals surface area contributed by atoms with Gasteiger partial charge in [-0.15, -0.1) is 5.10 Å². The lowest BCUT2D eigenvalue weighted by Gasteiger charge is -2.32. The van der Waals surface area contributed by atoms with E-state index in [-0.39, 0.29) is 53.5 Å². The number of aliphatic hydroxyl groups is 1. The Hall–Kier alpha value is -3.39. The quantitative estimate of drug-likeness (QED) is 0.391. The molecule has 0 radical (unpaired) electrons. The molecular weight excluding hydrogens is 496 g/mol. The lowest BCUT2D eigenvalue weighted by atomic mass is 10.1. The van der Waals surface area contributed by atoms with Gasteiger partial charge in [0, 0.05) is 24.5 Å². The molecule has 1 aliphatic heterocycles. The van der Waals surface area contributed by atoms with Gasteiger partial charge < -0.3 is 14.7 Å². The minimum Gasteiger partial charge on any atom is -0.494 e. The molecule has 0 saturated carbocycles. The molecule has 5 rings (SSSR count). The van der Waals surface area contributed by atoms with Crippen LogP contribution in [0.2, 0.25) is 0 Å². The SMILES string of the molecule is COc1cc2nc(F)n3nc([C@H]4CN(c5cnn(CC(C)(C)O)c5C)CCS4(=O)=O)nc3c2cc1F. The van der Waals surface area contributed by atoms with Gasteiger partial charge >= 0.3 is 6.08 Å². The second kappa shape index (κ2) is 8.34. The van der Waals surface area contributed by atoms with Gasteiger partial charge in [0.25, 0.3) is 0 Å². The molecule has 4 heterocycles. The highest BCUT2D eigenvalue weighted by atomic mass is 32.2. The molecule has 36 heavy (non-hydrogen) atoms. The monoisotopic (exact) mass is 521 g/mol. The minimum absolute atomic E-state index is 0.0173. The average molecular weight is 522 g/mol. The van der Waals surface area contributed by atoms with Crippen molar-refractivity contribution < 1.29 is 27.0 Å². The number of benzene rings is 1. The van der Waals surface area contributed by atoms with Crippen LogP contribution in [0.4, 0.5) is 14.5 Å². The Morgan fingerprint density at radius 3 is 2.69 bits per heavy atom. The van der Waals surface area contributed by atoms with Gasteiger partial charge in [0.15, 0.2) is 32.9 Å². The first-order chi connectivity index (χ1) is 16.9. The number of halogens is 2. The molecule has 0 amide bonds. The van der Waals surface area contributed by atoms with E-state index >= 15 is 0 Å². The normalized spacial score (nSPS) is 18.3. The van der Waals surface area contributed by atoms with Crippen molar-refractivity contribution in [1.82, 2.24) is 29.4 Å². The molecule has 0 bridgehead atoms. The van der Waals surface area contributed by atoms with E-state index in [1.807, 2.05) is 11.8 Å². The van der Waals surface area contributed by atoms with Crippen molar-refractivity contribution >= 4 is 32.1 Å². The summed E-state index contributed by atoms with van der Waals surface area (Å²) in [5.74, 6) is -1.08. The third kappa shape index (κ3) is 4.13. The number of aromatic nitrogens is 6. The van der Waals surface area contributed by atoms with Crippen molar-refractivity contribution in [3.8, 4) is 5.75 Å². The zero-order valence-electron chi connectivity index (χ0n) is 20.1. The summed E-state index contributed by atoms with van der Waals surface area (Å²) >= 11 is 0. The largest absolute Gasteiger partial charge is 0.494 e. The number of sulfone groups is 1. The van der Waals surface area contributed by atoms with Gasteiger partial charge in [-0.3, -0.25) is 4.68 Å². The van der Waals surface area contributed by atoms with E-state index in [4.69, 9.17) is 4.74 Å². The van der Waals surface area contributed by atoms with Crippen LogP contribution in [-0.4, -0.2) is 74.4 Å². The number of hydrogen-bond acceptors (Lipinski definition) is 9. The number of ether oxygens (including phenoxy) is 1. The Balaban J connectivity index is 1.56. The summed E-state index contributed by atoms with van der Waals surface area (Å²) in [6.07, 6.45) is 0.610. The maximum Gasteiger partial charge on any atom is 0.312 e. The molecule has 11 nitrogen and oxygen atoms in total. The summed E-state index contributed by atoms with van der Waals surface area (Å²) in [5.41, 5.74) is 0.557. The smallest absolute Gasteiger partial charge is 0.312 e. The first-order valence-electron chi connectivity index (χ1n) is 11.2. The van der Waals surface area contributed by atoms with Crippen LogP contribution in [-0.2, 0) is 16.4 Å². The van der Waals surface area contributed by atoms with E-state index in [0.29, 0.717) is 0 Å². The molecule has 1 atom stereocenters. The van der Waals surface area contributed by atoms with Gasteiger partial charge in [-0.05, 0) is 26.8 Å². The summed E-state index contributed by atoms with van der Waals surface area (Å²) < 4.78 is 62.6. The van der Waals surface area contributed by atoms with Gasteiger partial charge in [-0.2, -0.15) is 14.0 Å². The third-order valence-corrected chi connectivity index (χ3v) is 8.21. The standard InChI is InChI=1S/C22H25F2N7O4S/c1-12-16(9-25-30(12)11-22(2,3)32)29-5-6-36(33,34)18(10-29)19-27-20-13-7-14(23)17(35-4)8-15(13)26-21(24)31(20)28-19/h7-9,18,32H,5-6,10-11H2,1-4H3/t18-/m1/s1. The highest BCUT2D eigenvalue weighted by Crippen LogP contribution is 2.33. The molecule has 3 aromatic heterocycles. The number of fused-ring (bicyclic) bond motifs is 3. The molecule has 0 spiro atoms. The molecule has 1 saturated heterocycles. The predicted octanol–water partition coefficient (Wildman–Crippen LogP) is 1.82. The van der Waals surface area contributed by atoms with Gasteiger partial charge in [-0.25, -0.2) is 22.8 Å². The van der Waals surface area contributed by atoms with Crippen LogP contribution >= 0.6 is 0 Å². The van der Waals surface area contributed by atoms with Crippen molar-refractivity contribution in [2.75, 3.05) is 30.9 Å². The fourth-order valence-corrected chi connectivity index (χ4v) is 5.99. The Kier molecular flexibility index (Phi) is 5.63. The average Bonchev–Trinajstić information content (AvgIpc) is 3.38. The molecule has 1 aromatic carbocycles. The van der Waals surface area contributed by atoms with Crippen LogP contribution in [0.3, 0.4) is 0 Å². The fourth-order valence-electron chi connectivity index (χ4n) is 4.40. The molecule has 1 N–H and O–H groups in total. The zero-order chi connectivity index (χ0) is 26.0. The lowest BCUT2D eigenvalue weighted by Crippen LogP contribution is -2.43. The summed E-state index contributed by atoms with van der Waals surface area (Å²) in [6, 6.07) is 2.35. The molecule has 14 heteroatoms. The summed E-state index contributed by atoms with van der Waals surface area (Å²) in [4.78, 5) is 10.00. The van der Waals surface area contributed by atoms with Crippen LogP contribution < -0.4 is 9.64 Å². The molecule has 0 aliphatic carbocycles. The van der Waals surface area contributed by atoms with Gasteiger partial charge in [-0.1, -0.05) is 0 Å². The summed E-state index contributed by atoms with van der Waals surface area (Å²) in [7, 11) is -2.39. The van der Waals surface area contributed by atoms with Crippen molar-refractivity contribution in [3.05, 3.63) is 41.7 Å². The Morgan fingerprint density at radius 1 is 1.25 bits per heavy atom. The van der Waals surface area contributed by atoms with Crippen molar-refractivity contribution in [2.24, 2.45) is 0 Å². The van der Waals surface area contributed by atoms with E-state index in [0.717, 1.165) is 22.0 Å². The number of rotatable bonds is 5. The first kappa shape index (κ1) is 24.3. The molecular formula is C22H25F2N7O4S. The van der Waals surface area contributed by atoms with E-state index in [1.54, 1.807) is 24.7 Å². The third-order valence-electron chi connectivity index (χ3n) is 6.23. The van der Waals surface area contributed by atoms with Gasteiger partial charge in [0.1, 0.15) is 5.25 Å². The lowest BCUT2D eigenvalue weighted by molar-refractivity contribution is 0.0571. The molecule has 1 aliphatic rings. The molecule has 1 fully saturated rings. The highest BCUT2D eigenvalue weighted by molar-refractivity contribution is 7.91. The van der Waals surface area contributed by atoms with Gasteiger partial charge in [0.2, 0.25) is 0 Å². The number of nitrogens with zero attached hydrogens (tertiary/aromatic N) is 7. The zero-order valence-corrected chi connectivity index (χ0v) is 20.9. The Labute approximate surface area is 205 Å². The van der Waals surface area contributed by atoms with Crippen molar-refractivity contribution in [1.29, 1.82) is 0 Å².